The predicted molar refractivity (Wildman–Crippen MR) is 44.4 cm³/mol. The summed E-state index contributed by atoms with van der Waals surface area (Å²) in [7, 11) is 0. The van der Waals surface area contributed by atoms with Gasteiger partial charge >= 0.3 is 6.18 Å². The molecule has 0 aromatic heterocycles. The van der Waals surface area contributed by atoms with Gasteiger partial charge in [-0.1, -0.05) is 13.8 Å². The number of alkyl halides is 3. The highest BCUT2D eigenvalue weighted by molar-refractivity contribution is 4.79. The topological polar surface area (TPSA) is 32.3 Å². The molecule has 0 aromatic rings. The fraction of sp³-hybridized carbons (Fsp3) is 1.00. The van der Waals surface area contributed by atoms with Gasteiger partial charge in [0.1, 0.15) is 0 Å². The van der Waals surface area contributed by atoms with Crippen LogP contribution in [0.3, 0.4) is 0 Å². The normalized spacial score (nSPS) is 17.5. The fourth-order valence-electron chi connectivity index (χ4n) is 0.661. The number of halogens is 3. The zero-order chi connectivity index (χ0) is 10.7. The molecule has 5 heteroatoms. The van der Waals surface area contributed by atoms with E-state index in [1.54, 1.807) is 13.8 Å². The molecular weight excluding hydrogens is 183 g/mol. The van der Waals surface area contributed by atoms with Crippen molar-refractivity contribution in [3.63, 3.8) is 0 Å². The van der Waals surface area contributed by atoms with E-state index in [2.05, 4.69) is 5.32 Å². The van der Waals surface area contributed by atoms with Crippen molar-refractivity contribution in [2.24, 2.45) is 5.92 Å². The van der Waals surface area contributed by atoms with Crippen LogP contribution in [0.15, 0.2) is 0 Å². The van der Waals surface area contributed by atoms with Crippen LogP contribution in [-0.2, 0) is 0 Å². The molecule has 13 heavy (non-hydrogen) atoms. The minimum atomic E-state index is -4.22. The monoisotopic (exact) mass is 199 g/mol. The van der Waals surface area contributed by atoms with Gasteiger partial charge in [-0.3, -0.25) is 0 Å². The molecule has 1 unspecified atom stereocenters. The lowest BCUT2D eigenvalue weighted by Gasteiger charge is -2.28. The summed E-state index contributed by atoms with van der Waals surface area (Å²) in [5.74, 6) is -0.0757. The van der Waals surface area contributed by atoms with Crippen molar-refractivity contribution in [3.8, 4) is 0 Å². The molecule has 0 aliphatic heterocycles. The second kappa shape index (κ2) is 4.28. The number of rotatable bonds is 4. The molecule has 0 spiro atoms. The predicted octanol–water partition coefficient (Wildman–Crippen LogP) is 1.55. The van der Waals surface area contributed by atoms with Crippen molar-refractivity contribution >= 4 is 0 Å². The van der Waals surface area contributed by atoms with Gasteiger partial charge in [-0.2, -0.15) is 13.2 Å². The smallest absolute Gasteiger partial charge is 0.389 e. The summed E-state index contributed by atoms with van der Waals surface area (Å²) in [6, 6.07) is 0. The van der Waals surface area contributed by atoms with E-state index in [4.69, 9.17) is 0 Å². The Hall–Kier alpha value is -0.290. The lowest BCUT2D eigenvalue weighted by Crippen LogP contribution is -2.44. The highest BCUT2D eigenvalue weighted by Gasteiger charge is 2.29. The van der Waals surface area contributed by atoms with E-state index in [1.807, 2.05) is 0 Å². The first-order chi connectivity index (χ1) is 5.65. The Morgan fingerprint density at radius 3 is 2.00 bits per heavy atom. The number of aliphatic hydroxyl groups is 1. The van der Waals surface area contributed by atoms with Crippen molar-refractivity contribution in [1.29, 1.82) is 0 Å². The molecule has 0 heterocycles. The van der Waals surface area contributed by atoms with Crippen LogP contribution < -0.4 is 5.32 Å². The first-order valence-electron chi connectivity index (χ1n) is 4.15. The molecule has 0 aliphatic carbocycles. The van der Waals surface area contributed by atoms with Crippen LogP contribution in [0.2, 0.25) is 0 Å². The van der Waals surface area contributed by atoms with Crippen LogP contribution in [0.1, 0.15) is 20.8 Å². The Morgan fingerprint density at radius 1 is 1.23 bits per heavy atom. The highest BCUT2D eigenvalue weighted by Crippen LogP contribution is 2.16. The summed E-state index contributed by atoms with van der Waals surface area (Å²) in [6.07, 6.45) is -4.22. The fourth-order valence-corrected chi connectivity index (χ4v) is 0.661. The van der Waals surface area contributed by atoms with Gasteiger partial charge in [-0.05, 0) is 12.8 Å². The van der Waals surface area contributed by atoms with Gasteiger partial charge in [0.15, 0.2) is 0 Å². The van der Waals surface area contributed by atoms with Gasteiger partial charge in [0.2, 0.25) is 0 Å². The molecule has 80 valence electrons. The van der Waals surface area contributed by atoms with E-state index in [0.717, 1.165) is 0 Å². The molecule has 0 aliphatic rings. The Bertz CT molecular complexity index is 154. The Morgan fingerprint density at radius 2 is 1.69 bits per heavy atom. The van der Waals surface area contributed by atoms with Gasteiger partial charge in [0, 0.05) is 6.54 Å². The third-order valence-electron chi connectivity index (χ3n) is 2.05. The number of hydrogen-bond donors (Lipinski definition) is 2. The molecule has 0 rings (SSSR count). The van der Waals surface area contributed by atoms with E-state index < -0.39 is 18.3 Å². The van der Waals surface area contributed by atoms with E-state index in [9.17, 15) is 18.3 Å². The number of nitrogens with one attached hydrogen (secondary N) is 1. The summed E-state index contributed by atoms with van der Waals surface area (Å²) >= 11 is 0. The maximum atomic E-state index is 11.7. The van der Waals surface area contributed by atoms with Crippen molar-refractivity contribution in [2.45, 2.75) is 32.5 Å². The Balaban J connectivity index is 3.77. The second-order valence-electron chi connectivity index (χ2n) is 3.73. The number of hydrogen-bond acceptors (Lipinski definition) is 2. The van der Waals surface area contributed by atoms with E-state index in [1.165, 1.54) is 6.92 Å². The van der Waals surface area contributed by atoms with Crippen molar-refractivity contribution in [2.75, 3.05) is 13.1 Å². The van der Waals surface area contributed by atoms with Crippen LogP contribution in [0.5, 0.6) is 0 Å². The zero-order valence-electron chi connectivity index (χ0n) is 8.07. The summed E-state index contributed by atoms with van der Waals surface area (Å²) in [5, 5.41) is 11.7. The average Bonchev–Trinajstić information content (AvgIpc) is 1.82. The molecule has 0 aromatic carbocycles. The van der Waals surface area contributed by atoms with E-state index >= 15 is 0 Å². The average molecular weight is 199 g/mol. The maximum Gasteiger partial charge on any atom is 0.401 e. The Labute approximate surface area is 76.1 Å². The van der Waals surface area contributed by atoms with Gasteiger partial charge < -0.3 is 10.4 Å². The first kappa shape index (κ1) is 12.7. The minimum absolute atomic E-state index is 0.0514. The Kier molecular flexibility index (Phi) is 4.19. The zero-order valence-corrected chi connectivity index (χ0v) is 8.07. The summed E-state index contributed by atoms with van der Waals surface area (Å²) in [6.45, 7) is 3.92. The lowest BCUT2D eigenvalue weighted by molar-refractivity contribution is -0.127. The van der Waals surface area contributed by atoms with Crippen molar-refractivity contribution in [1.82, 2.24) is 5.32 Å². The van der Waals surface area contributed by atoms with Crippen molar-refractivity contribution in [3.05, 3.63) is 0 Å². The summed E-state index contributed by atoms with van der Waals surface area (Å²) < 4.78 is 35.1. The van der Waals surface area contributed by atoms with Gasteiger partial charge in [-0.25, -0.2) is 0 Å². The van der Waals surface area contributed by atoms with E-state index in [0.29, 0.717) is 0 Å². The van der Waals surface area contributed by atoms with Crippen LogP contribution >= 0.6 is 0 Å². The highest BCUT2D eigenvalue weighted by atomic mass is 19.4. The second-order valence-corrected chi connectivity index (χ2v) is 3.73. The van der Waals surface area contributed by atoms with Gasteiger partial charge in [0.25, 0.3) is 0 Å². The van der Waals surface area contributed by atoms with Crippen molar-refractivity contribution < 1.29 is 18.3 Å². The molecule has 1 atom stereocenters. The summed E-state index contributed by atoms with van der Waals surface area (Å²) in [4.78, 5) is 0. The molecule has 0 bridgehead atoms. The molecule has 0 amide bonds. The summed E-state index contributed by atoms with van der Waals surface area (Å²) in [5.41, 5.74) is -1.09. The molecule has 0 fully saturated rings. The van der Waals surface area contributed by atoms with Gasteiger partial charge in [0.05, 0.1) is 12.1 Å². The van der Waals surface area contributed by atoms with E-state index in [-0.39, 0.29) is 12.5 Å². The standard InChI is InChI=1S/C8H16F3NO/c1-6(2)7(3,13)4-12-5-8(9,10)11/h6,12-13H,4-5H2,1-3H3. The quantitative estimate of drug-likeness (QED) is 0.720. The third kappa shape index (κ3) is 5.87. The van der Waals surface area contributed by atoms with Crippen LogP contribution in [0.25, 0.3) is 0 Å². The van der Waals surface area contributed by atoms with Crippen LogP contribution in [0.4, 0.5) is 13.2 Å². The molecule has 0 saturated heterocycles. The first-order valence-corrected chi connectivity index (χ1v) is 4.15. The SMILES string of the molecule is CC(C)C(C)(O)CNCC(F)(F)F. The third-order valence-corrected chi connectivity index (χ3v) is 2.05. The molecule has 0 saturated carbocycles. The lowest BCUT2D eigenvalue weighted by atomic mass is 9.93. The molecular formula is C8H16F3NO. The van der Waals surface area contributed by atoms with Crippen LogP contribution in [0, 0.1) is 5.92 Å². The minimum Gasteiger partial charge on any atom is -0.389 e. The van der Waals surface area contributed by atoms with Crippen LogP contribution in [-0.4, -0.2) is 30.0 Å². The van der Waals surface area contributed by atoms with Gasteiger partial charge in [-0.15, -0.1) is 0 Å². The molecule has 2 N–H and O–H groups in total. The largest absolute Gasteiger partial charge is 0.401 e. The maximum absolute atomic E-state index is 11.7. The molecule has 2 nitrogen and oxygen atoms in total. The molecule has 0 radical (unpaired) electrons.